The van der Waals surface area contributed by atoms with Crippen molar-refractivity contribution in [2.24, 2.45) is 0 Å². The number of amides is 1. The predicted octanol–water partition coefficient (Wildman–Crippen LogP) is 3.91. The molecule has 3 heterocycles. The number of hydrogen-bond donors (Lipinski definition) is 1. The number of fused-ring (bicyclic) bond motifs is 1. The molecule has 0 radical (unpaired) electrons. The van der Waals surface area contributed by atoms with E-state index >= 15 is 0 Å². The number of rotatable bonds is 11. The van der Waals surface area contributed by atoms with E-state index in [1.54, 1.807) is 12.3 Å². The number of pyridine rings is 1. The predicted molar refractivity (Wildman–Crippen MR) is 143 cm³/mol. The first kappa shape index (κ1) is 27.1. The number of benzene rings is 1. The van der Waals surface area contributed by atoms with E-state index in [0.717, 1.165) is 45.6 Å². The van der Waals surface area contributed by atoms with Gasteiger partial charge in [0.25, 0.3) is 5.91 Å². The number of ether oxygens (including phenoxy) is 3. The van der Waals surface area contributed by atoms with Crippen LogP contribution < -0.4 is 19.5 Å². The van der Waals surface area contributed by atoms with Crippen LogP contribution in [0, 0.1) is 0 Å². The molecule has 2 fully saturated rings. The highest BCUT2D eigenvalue weighted by Gasteiger charge is 2.29. The fourth-order valence-corrected chi connectivity index (χ4v) is 4.86. The molecule has 2 aromatic heterocycles. The Kier molecular flexibility index (Phi) is 8.18. The van der Waals surface area contributed by atoms with E-state index in [9.17, 15) is 13.6 Å². The lowest BCUT2D eigenvalue weighted by Crippen LogP contribution is -2.49. The van der Waals surface area contributed by atoms with Crippen LogP contribution >= 0.6 is 0 Å². The van der Waals surface area contributed by atoms with Crippen molar-refractivity contribution in [1.29, 1.82) is 0 Å². The van der Waals surface area contributed by atoms with Gasteiger partial charge in [-0.3, -0.25) is 19.0 Å². The quantitative estimate of drug-likeness (QED) is 0.393. The number of methoxy groups -OCH3 is 1. The van der Waals surface area contributed by atoms with Crippen LogP contribution in [0.1, 0.15) is 37.0 Å². The van der Waals surface area contributed by atoms with Crippen molar-refractivity contribution in [2.45, 2.75) is 45.4 Å². The van der Waals surface area contributed by atoms with Gasteiger partial charge >= 0.3 is 6.61 Å². The summed E-state index contributed by atoms with van der Waals surface area (Å²) >= 11 is 0. The summed E-state index contributed by atoms with van der Waals surface area (Å²) in [4.78, 5) is 22.2. The van der Waals surface area contributed by atoms with Gasteiger partial charge in [-0.1, -0.05) is 0 Å². The molecule has 210 valence electrons. The minimum Gasteiger partial charge on any atom is -0.496 e. The Balaban J connectivity index is 1.31. The smallest absolute Gasteiger partial charge is 0.387 e. The van der Waals surface area contributed by atoms with Crippen molar-refractivity contribution < 1.29 is 27.8 Å². The van der Waals surface area contributed by atoms with Gasteiger partial charge < -0.3 is 19.5 Å². The number of aromatic nitrogens is 2. The number of imidazole rings is 1. The molecule has 2 aliphatic rings. The van der Waals surface area contributed by atoms with E-state index in [2.05, 4.69) is 33.9 Å². The summed E-state index contributed by atoms with van der Waals surface area (Å²) < 4.78 is 44.6. The van der Waals surface area contributed by atoms with Gasteiger partial charge in [-0.15, -0.1) is 0 Å². The van der Waals surface area contributed by atoms with Crippen LogP contribution in [-0.2, 0) is 0 Å². The second-order valence-corrected chi connectivity index (χ2v) is 10.2. The van der Waals surface area contributed by atoms with Crippen LogP contribution in [0.5, 0.6) is 17.2 Å². The van der Waals surface area contributed by atoms with Gasteiger partial charge in [-0.25, -0.2) is 4.98 Å². The molecule has 0 bridgehead atoms. The van der Waals surface area contributed by atoms with E-state index in [-0.39, 0.29) is 23.1 Å². The highest BCUT2D eigenvalue weighted by molar-refractivity contribution is 6.01. The Bertz CT molecular complexity index is 1300. The largest absolute Gasteiger partial charge is 0.496 e. The molecule has 1 saturated heterocycles. The number of alkyl halides is 2. The molecule has 5 rings (SSSR count). The number of nitrogens with zero attached hydrogens (tertiary/aromatic N) is 4. The Labute approximate surface area is 226 Å². The van der Waals surface area contributed by atoms with Crippen molar-refractivity contribution in [2.75, 3.05) is 46.4 Å². The molecule has 1 saturated carbocycles. The second-order valence-electron chi connectivity index (χ2n) is 10.2. The van der Waals surface area contributed by atoms with Crippen molar-refractivity contribution in [3.63, 3.8) is 0 Å². The summed E-state index contributed by atoms with van der Waals surface area (Å²) in [5.74, 6) is 0.0946. The number of carbonyl (C=O) groups is 1. The molecule has 1 amide bonds. The molecular weight excluding hydrogens is 508 g/mol. The highest BCUT2D eigenvalue weighted by Crippen LogP contribution is 2.37. The number of hydrogen-bond acceptors (Lipinski definition) is 7. The number of nitrogens with one attached hydrogen (secondary N) is 1. The molecule has 11 heteroatoms. The topological polar surface area (TPSA) is 80.6 Å². The zero-order chi connectivity index (χ0) is 27.5. The lowest BCUT2D eigenvalue weighted by Gasteiger charge is -2.36. The highest BCUT2D eigenvalue weighted by atomic mass is 19.3. The summed E-state index contributed by atoms with van der Waals surface area (Å²) in [5.41, 5.74) is 1.74. The molecule has 1 aromatic carbocycles. The van der Waals surface area contributed by atoms with Crippen LogP contribution in [0.15, 0.2) is 36.7 Å². The molecule has 1 N–H and O–H groups in total. The SMILES string of the molecule is COc1cc(-c2cnc3cc(OCCN4CCN(C(C)C)CC4)ccn23)cc(OC(F)F)c1C(=O)NC1CC1. The summed E-state index contributed by atoms with van der Waals surface area (Å²) in [7, 11) is 1.39. The van der Waals surface area contributed by atoms with Crippen molar-refractivity contribution in [3.8, 4) is 28.5 Å². The van der Waals surface area contributed by atoms with Crippen LogP contribution in [0.25, 0.3) is 16.9 Å². The fourth-order valence-electron chi connectivity index (χ4n) is 4.86. The van der Waals surface area contributed by atoms with Crippen molar-refractivity contribution in [1.82, 2.24) is 24.5 Å². The first-order chi connectivity index (χ1) is 18.8. The maximum Gasteiger partial charge on any atom is 0.387 e. The zero-order valence-electron chi connectivity index (χ0n) is 22.5. The van der Waals surface area contributed by atoms with Gasteiger partial charge in [-0.2, -0.15) is 8.78 Å². The lowest BCUT2D eigenvalue weighted by atomic mass is 10.1. The van der Waals surface area contributed by atoms with Crippen molar-refractivity contribution >= 4 is 11.6 Å². The first-order valence-electron chi connectivity index (χ1n) is 13.4. The molecule has 0 atom stereocenters. The second kappa shape index (κ2) is 11.7. The summed E-state index contributed by atoms with van der Waals surface area (Å²) in [6.45, 7) is 6.99. The van der Waals surface area contributed by atoms with Gasteiger partial charge in [0.1, 0.15) is 35.1 Å². The minimum atomic E-state index is -3.10. The Morgan fingerprint density at radius 1 is 1.13 bits per heavy atom. The Morgan fingerprint density at radius 2 is 1.87 bits per heavy atom. The molecule has 1 aliphatic heterocycles. The molecule has 39 heavy (non-hydrogen) atoms. The van der Waals surface area contributed by atoms with E-state index in [1.807, 2.05) is 22.7 Å². The number of halogens is 2. The standard InChI is InChI=1S/C28H35F2N5O4/c1-18(2)34-10-8-33(9-11-34)12-13-38-21-6-7-35-22(17-31-25(35)16-21)19-14-23(37-3)26(24(15-19)39-28(29)30)27(36)32-20-4-5-20/h6-7,14-18,20,28H,4-5,8-13H2,1-3H3,(H,32,36). The van der Waals surface area contributed by atoms with Gasteiger partial charge in [0.05, 0.1) is 19.0 Å². The van der Waals surface area contributed by atoms with Crippen LogP contribution in [-0.4, -0.2) is 90.2 Å². The molecule has 0 unspecified atom stereocenters. The first-order valence-corrected chi connectivity index (χ1v) is 13.4. The molecular formula is C28H35F2N5O4. The summed E-state index contributed by atoms with van der Waals surface area (Å²) in [6, 6.07) is 7.36. The minimum absolute atomic E-state index is 0.0477. The van der Waals surface area contributed by atoms with Crippen LogP contribution in [0.3, 0.4) is 0 Å². The monoisotopic (exact) mass is 543 g/mol. The van der Waals surface area contributed by atoms with Gasteiger partial charge in [-0.05, 0) is 44.9 Å². The van der Waals surface area contributed by atoms with E-state index in [4.69, 9.17) is 14.2 Å². The Morgan fingerprint density at radius 3 is 2.54 bits per heavy atom. The molecule has 1 aliphatic carbocycles. The third kappa shape index (κ3) is 6.42. The van der Waals surface area contributed by atoms with Gasteiger partial charge in [0.2, 0.25) is 0 Å². The van der Waals surface area contributed by atoms with Gasteiger partial charge in [0.15, 0.2) is 0 Å². The fraction of sp³-hybridized carbons (Fsp3) is 0.500. The average Bonchev–Trinajstić information content (AvgIpc) is 3.63. The Hall–Kier alpha value is -3.44. The van der Waals surface area contributed by atoms with E-state index in [0.29, 0.717) is 35.3 Å². The molecule has 0 spiro atoms. The lowest BCUT2D eigenvalue weighted by molar-refractivity contribution is -0.0502. The van der Waals surface area contributed by atoms with Crippen molar-refractivity contribution in [3.05, 3.63) is 42.2 Å². The number of piperazine rings is 1. The normalized spacial score (nSPS) is 16.7. The third-order valence-electron chi connectivity index (χ3n) is 7.24. The van der Waals surface area contributed by atoms with Gasteiger partial charge in [0, 0.05) is 62.6 Å². The zero-order valence-corrected chi connectivity index (χ0v) is 22.5. The van der Waals surface area contributed by atoms with E-state index < -0.39 is 12.5 Å². The maximum atomic E-state index is 13.3. The third-order valence-corrected chi connectivity index (χ3v) is 7.24. The van der Waals surface area contributed by atoms with E-state index in [1.165, 1.54) is 13.2 Å². The summed E-state index contributed by atoms with van der Waals surface area (Å²) in [5, 5.41) is 2.81. The molecule has 9 nitrogen and oxygen atoms in total. The maximum absolute atomic E-state index is 13.3. The average molecular weight is 544 g/mol. The van der Waals surface area contributed by atoms with Crippen LogP contribution in [0.2, 0.25) is 0 Å². The van der Waals surface area contributed by atoms with Crippen LogP contribution in [0.4, 0.5) is 8.78 Å². The molecule has 3 aromatic rings. The number of carbonyl (C=O) groups excluding carboxylic acids is 1. The summed E-state index contributed by atoms with van der Waals surface area (Å²) in [6.07, 6.45) is 5.18.